The molecular formula is C13H16O4. The van der Waals surface area contributed by atoms with Gasteiger partial charge in [-0.15, -0.1) is 0 Å². The highest BCUT2D eigenvalue weighted by Crippen LogP contribution is 2.16. The Labute approximate surface area is 100 Å². The molecule has 1 fully saturated rings. The molecule has 4 nitrogen and oxygen atoms in total. The topological polar surface area (TPSA) is 44.8 Å². The molecule has 1 aliphatic heterocycles. The van der Waals surface area contributed by atoms with Gasteiger partial charge in [0, 0.05) is 12.0 Å². The largest absolute Gasteiger partial charge is 0.497 e. The number of Topliss-reactive ketones (excluding diaryl/α,β-unsaturated/α-hetero) is 1. The molecule has 1 atom stereocenters. The monoisotopic (exact) mass is 236 g/mol. The van der Waals surface area contributed by atoms with E-state index in [2.05, 4.69) is 0 Å². The molecule has 1 heterocycles. The lowest BCUT2D eigenvalue weighted by atomic mass is 10.0. The van der Waals surface area contributed by atoms with Gasteiger partial charge in [-0.1, -0.05) is 12.1 Å². The summed E-state index contributed by atoms with van der Waals surface area (Å²) in [6.07, 6.45) is 0.232. The number of ether oxygens (including phenoxy) is 3. The Morgan fingerprint density at radius 3 is 3.06 bits per heavy atom. The van der Waals surface area contributed by atoms with E-state index in [4.69, 9.17) is 14.2 Å². The number of carbonyl (C=O) groups is 1. The average molecular weight is 236 g/mol. The summed E-state index contributed by atoms with van der Waals surface area (Å²) in [5.74, 6) is 0.746. The summed E-state index contributed by atoms with van der Waals surface area (Å²) in [6, 6.07) is 7.15. The molecule has 0 aromatic heterocycles. The summed E-state index contributed by atoms with van der Waals surface area (Å²) < 4.78 is 15.8. The minimum atomic E-state index is -0.123. The normalized spacial score (nSPS) is 19.9. The summed E-state index contributed by atoms with van der Waals surface area (Å²) in [4.78, 5) is 12.0. The van der Waals surface area contributed by atoms with Crippen molar-refractivity contribution in [3.63, 3.8) is 0 Å². The van der Waals surface area contributed by atoms with Gasteiger partial charge in [0.25, 0.3) is 0 Å². The van der Waals surface area contributed by atoms with Crippen molar-refractivity contribution in [2.45, 2.75) is 12.5 Å². The molecule has 1 aromatic carbocycles. The van der Waals surface area contributed by atoms with Gasteiger partial charge in [-0.05, 0) is 12.1 Å². The third-order valence-corrected chi connectivity index (χ3v) is 2.69. The van der Waals surface area contributed by atoms with Gasteiger partial charge in [-0.25, -0.2) is 0 Å². The highest BCUT2D eigenvalue weighted by molar-refractivity contribution is 5.96. The van der Waals surface area contributed by atoms with Crippen LogP contribution in [0.3, 0.4) is 0 Å². The summed E-state index contributed by atoms with van der Waals surface area (Å²) in [6.45, 7) is 1.68. The minimum Gasteiger partial charge on any atom is -0.497 e. The van der Waals surface area contributed by atoms with E-state index in [-0.39, 0.29) is 11.9 Å². The summed E-state index contributed by atoms with van der Waals surface area (Å²) in [7, 11) is 1.58. The lowest BCUT2D eigenvalue weighted by Crippen LogP contribution is -2.30. The van der Waals surface area contributed by atoms with Crippen molar-refractivity contribution in [3.8, 4) is 5.75 Å². The van der Waals surface area contributed by atoms with Crippen LogP contribution in [0.2, 0.25) is 0 Å². The molecule has 0 bridgehead atoms. The van der Waals surface area contributed by atoms with Gasteiger partial charge < -0.3 is 14.2 Å². The van der Waals surface area contributed by atoms with E-state index in [1.165, 1.54) is 0 Å². The second-order valence-corrected chi connectivity index (χ2v) is 3.93. The molecule has 1 aromatic rings. The van der Waals surface area contributed by atoms with Gasteiger partial charge in [-0.3, -0.25) is 4.79 Å². The van der Waals surface area contributed by atoms with Gasteiger partial charge in [0.1, 0.15) is 5.75 Å². The zero-order chi connectivity index (χ0) is 12.1. The van der Waals surface area contributed by atoms with Crippen molar-refractivity contribution in [2.75, 3.05) is 26.9 Å². The molecule has 1 aliphatic rings. The smallest absolute Gasteiger partial charge is 0.165 e. The first-order valence-corrected chi connectivity index (χ1v) is 5.66. The lowest BCUT2D eigenvalue weighted by Gasteiger charge is -2.22. The predicted molar refractivity (Wildman–Crippen MR) is 62.5 cm³/mol. The Morgan fingerprint density at radius 1 is 1.47 bits per heavy atom. The fourth-order valence-corrected chi connectivity index (χ4v) is 1.78. The molecule has 0 amide bonds. The minimum absolute atomic E-state index is 0.0550. The Balaban J connectivity index is 1.98. The van der Waals surface area contributed by atoms with Crippen LogP contribution in [0.4, 0.5) is 0 Å². The van der Waals surface area contributed by atoms with Gasteiger partial charge in [-0.2, -0.15) is 0 Å². The predicted octanol–water partition coefficient (Wildman–Crippen LogP) is 1.68. The standard InChI is InChI=1S/C13H16O4/c1-15-11-4-2-3-10(7-11)13(14)8-12-9-16-5-6-17-12/h2-4,7,12H,5-6,8-9H2,1H3. The third-order valence-electron chi connectivity index (χ3n) is 2.69. The second kappa shape index (κ2) is 5.80. The highest BCUT2D eigenvalue weighted by Gasteiger charge is 2.19. The third kappa shape index (κ3) is 3.28. The van der Waals surface area contributed by atoms with Crippen LogP contribution < -0.4 is 4.74 Å². The van der Waals surface area contributed by atoms with E-state index >= 15 is 0 Å². The number of hydrogen-bond acceptors (Lipinski definition) is 4. The van der Waals surface area contributed by atoms with Crippen molar-refractivity contribution in [2.24, 2.45) is 0 Å². The van der Waals surface area contributed by atoms with Crippen LogP contribution in [0.15, 0.2) is 24.3 Å². The quantitative estimate of drug-likeness (QED) is 0.746. The molecule has 0 aliphatic carbocycles. The van der Waals surface area contributed by atoms with Gasteiger partial charge in [0.2, 0.25) is 0 Å². The number of ketones is 1. The van der Waals surface area contributed by atoms with E-state index in [9.17, 15) is 4.79 Å². The van der Waals surface area contributed by atoms with Gasteiger partial charge >= 0.3 is 0 Å². The van der Waals surface area contributed by atoms with E-state index in [0.717, 1.165) is 0 Å². The summed E-state index contributed by atoms with van der Waals surface area (Å²) in [5, 5.41) is 0. The molecule has 1 unspecified atom stereocenters. The first-order valence-electron chi connectivity index (χ1n) is 5.66. The number of rotatable bonds is 4. The van der Waals surface area contributed by atoms with Crippen molar-refractivity contribution in [1.29, 1.82) is 0 Å². The number of methoxy groups -OCH3 is 1. The van der Waals surface area contributed by atoms with Crippen LogP contribution in [0.25, 0.3) is 0 Å². The van der Waals surface area contributed by atoms with Gasteiger partial charge in [0.05, 0.1) is 33.0 Å². The fraction of sp³-hybridized carbons (Fsp3) is 0.462. The molecule has 17 heavy (non-hydrogen) atoms. The maximum Gasteiger partial charge on any atom is 0.165 e. The van der Waals surface area contributed by atoms with E-state index in [1.54, 1.807) is 19.2 Å². The SMILES string of the molecule is COc1cccc(C(=O)CC2COCCO2)c1. The maximum atomic E-state index is 12.0. The molecule has 92 valence electrons. The first-order chi connectivity index (χ1) is 8.29. The fourth-order valence-electron chi connectivity index (χ4n) is 1.78. The maximum absolute atomic E-state index is 12.0. The lowest BCUT2D eigenvalue weighted by molar-refractivity contribution is -0.0868. The Hall–Kier alpha value is -1.39. The molecule has 0 saturated carbocycles. The van der Waals surface area contributed by atoms with E-state index < -0.39 is 0 Å². The van der Waals surface area contributed by atoms with Crippen molar-refractivity contribution in [1.82, 2.24) is 0 Å². The van der Waals surface area contributed by atoms with Crippen molar-refractivity contribution in [3.05, 3.63) is 29.8 Å². The van der Waals surface area contributed by atoms with E-state index in [0.29, 0.717) is 37.6 Å². The number of carbonyl (C=O) groups excluding carboxylic acids is 1. The van der Waals surface area contributed by atoms with E-state index in [1.807, 2.05) is 12.1 Å². The zero-order valence-corrected chi connectivity index (χ0v) is 9.85. The summed E-state index contributed by atoms with van der Waals surface area (Å²) in [5.41, 5.74) is 0.651. The Morgan fingerprint density at radius 2 is 2.35 bits per heavy atom. The number of benzene rings is 1. The first kappa shape index (κ1) is 12.1. The van der Waals surface area contributed by atoms with Crippen LogP contribution in [-0.2, 0) is 9.47 Å². The van der Waals surface area contributed by atoms with Crippen LogP contribution in [-0.4, -0.2) is 38.8 Å². The number of hydrogen-bond donors (Lipinski definition) is 0. The summed E-state index contributed by atoms with van der Waals surface area (Å²) >= 11 is 0. The molecule has 4 heteroatoms. The Kier molecular flexibility index (Phi) is 4.12. The molecule has 0 N–H and O–H groups in total. The molecule has 0 spiro atoms. The van der Waals surface area contributed by atoms with Crippen molar-refractivity contribution >= 4 is 5.78 Å². The van der Waals surface area contributed by atoms with Gasteiger partial charge in [0.15, 0.2) is 5.78 Å². The highest BCUT2D eigenvalue weighted by atomic mass is 16.6. The molecule has 1 saturated heterocycles. The Bertz CT molecular complexity index is 383. The average Bonchev–Trinajstić information content (AvgIpc) is 2.40. The molecule has 0 radical (unpaired) electrons. The molecular weight excluding hydrogens is 220 g/mol. The zero-order valence-electron chi connectivity index (χ0n) is 9.85. The van der Waals surface area contributed by atoms with Crippen molar-refractivity contribution < 1.29 is 19.0 Å². The van der Waals surface area contributed by atoms with Crippen LogP contribution in [0.1, 0.15) is 16.8 Å². The van der Waals surface area contributed by atoms with Crippen LogP contribution in [0.5, 0.6) is 5.75 Å². The molecule has 2 rings (SSSR count). The second-order valence-electron chi connectivity index (χ2n) is 3.93. The van der Waals surface area contributed by atoms with Crippen LogP contribution in [0, 0.1) is 0 Å². The van der Waals surface area contributed by atoms with Crippen LogP contribution >= 0.6 is 0 Å².